The SMILES string of the molecule is O=C1CC(c2ccccc2)C(=O)C1=C(O)C1CC1. The molecule has 0 saturated heterocycles. The zero-order valence-corrected chi connectivity index (χ0v) is 9.93. The Morgan fingerprint density at radius 3 is 2.39 bits per heavy atom. The standard InChI is InChI=1S/C15H14O3/c16-12-8-11(9-4-2-1-3-5-9)15(18)13(12)14(17)10-6-7-10/h1-5,10-11,17H,6-8H2. The zero-order chi connectivity index (χ0) is 12.7. The van der Waals surface area contributed by atoms with Gasteiger partial charge in [0.25, 0.3) is 0 Å². The van der Waals surface area contributed by atoms with Crippen molar-refractivity contribution >= 4 is 11.6 Å². The fourth-order valence-electron chi connectivity index (χ4n) is 2.48. The summed E-state index contributed by atoms with van der Waals surface area (Å²) in [6, 6.07) is 9.30. The largest absolute Gasteiger partial charge is 0.511 e. The second-order valence-corrected chi connectivity index (χ2v) is 4.99. The van der Waals surface area contributed by atoms with Crippen molar-refractivity contribution in [1.29, 1.82) is 0 Å². The molecule has 0 aliphatic heterocycles. The highest BCUT2D eigenvalue weighted by molar-refractivity contribution is 6.28. The summed E-state index contributed by atoms with van der Waals surface area (Å²) in [5.74, 6) is -0.755. The number of rotatable bonds is 2. The number of ketones is 2. The molecule has 0 amide bonds. The lowest BCUT2D eigenvalue weighted by molar-refractivity contribution is -0.117. The third-order valence-electron chi connectivity index (χ3n) is 3.65. The van der Waals surface area contributed by atoms with Crippen molar-refractivity contribution in [3.63, 3.8) is 0 Å². The minimum Gasteiger partial charge on any atom is -0.511 e. The molecule has 3 rings (SSSR count). The van der Waals surface area contributed by atoms with E-state index < -0.39 is 5.92 Å². The summed E-state index contributed by atoms with van der Waals surface area (Å²) in [4.78, 5) is 24.2. The molecule has 3 heteroatoms. The molecule has 3 nitrogen and oxygen atoms in total. The second kappa shape index (κ2) is 4.09. The molecular formula is C15H14O3. The highest BCUT2D eigenvalue weighted by Crippen LogP contribution is 2.41. The summed E-state index contributed by atoms with van der Waals surface area (Å²) in [6.07, 6.45) is 1.95. The number of hydrogen-bond acceptors (Lipinski definition) is 3. The van der Waals surface area contributed by atoms with Crippen LogP contribution in [0.15, 0.2) is 41.7 Å². The first-order valence-corrected chi connectivity index (χ1v) is 6.24. The molecule has 1 aromatic rings. The molecule has 18 heavy (non-hydrogen) atoms. The number of carbonyl (C=O) groups is 2. The van der Waals surface area contributed by atoms with Gasteiger partial charge in [-0.3, -0.25) is 9.59 Å². The summed E-state index contributed by atoms with van der Waals surface area (Å²) in [7, 11) is 0. The number of aliphatic hydroxyl groups is 1. The van der Waals surface area contributed by atoms with E-state index in [1.54, 1.807) is 0 Å². The third kappa shape index (κ3) is 1.76. The van der Waals surface area contributed by atoms with Crippen LogP contribution in [0.25, 0.3) is 0 Å². The smallest absolute Gasteiger partial charge is 0.177 e. The Morgan fingerprint density at radius 2 is 1.78 bits per heavy atom. The molecule has 0 radical (unpaired) electrons. The Labute approximate surface area is 105 Å². The number of benzene rings is 1. The average molecular weight is 242 g/mol. The fourth-order valence-corrected chi connectivity index (χ4v) is 2.48. The van der Waals surface area contributed by atoms with Crippen LogP contribution in [0.2, 0.25) is 0 Å². The van der Waals surface area contributed by atoms with Gasteiger partial charge in [0.15, 0.2) is 11.6 Å². The Hall–Kier alpha value is -1.90. The first-order chi connectivity index (χ1) is 8.68. The average Bonchev–Trinajstić information content (AvgIpc) is 3.17. The summed E-state index contributed by atoms with van der Waals surface area (Å²) in [5.41, 5.74) is 0.917. The molecule has 2 fully saturated rings. The van der Waals surface area contributed by atoms with Crippen LogP contribution in [-0.2, 0) is 9.59 Å². The van der Waals surface area contributed by atoms with Crippen molar-refractivity contribution < 1.29 is 14.7 Å². The Balaban J connectivity index is 1.96. The number of hydrogen-bond donors (Lipinski definition) is 1. The van der Waals surface area contributed by atoms with Gasteiger partial charge in [-0.25, -0.2) is 0 Å². The van der Waals surface area contributed by atoms with Crippen molar-refractivity contribution in [2.75, 3.05) is 0 Å². The molecule has 2 saturated carbocycles. The number of aliphatic hydroxyl groups excluding tert-OH is 1. The van der Waals surface area contributed by atoms with Crippen LogP contribution in [0.4, 0.5) is 0 Å². The molecule has 0 aromatic heterocycles. The van der Waals surface area contributed by atoms with Gasteiger partial charge in [0.1, 0.15) is 5.76 Å². The van der Waals surface area contributed by atoms with E-state index in [0.29, 0.717) is 0 Å². The maximum atomic E-state index is 12.3. The summed E-state index contributed by atoms with van der Waals surface area (Å²) < 4.78 is 0. The van der Waals surface area contributed by atoms with Crippen LogP contribution in [0, 0.1) is 5.92 Å². The Morgan fingerprint density at radius 1 is 1.11 bits per heavy atom. The van der Waals surface area contributed by atoms with Gasteiger partial charge in [-0.1, -0.05) is 30.3 Å². The molecule has 0 spiro atoms. The monoisotopic (exact) mass is 242 g/mol. The van der Waals surface area contributed by atoms with Crippen molar-refractivity contribution in [2.45, 2.75) is 25.2 Å². The van der Waals surface area contributed by atoms with E-state index in [2.05, 4.69) is 0 Å². The molecule has 2 aliphatic rings. The molecule has 92 valence electrons. The maximum absolute atomic E-state index is 12.3. The first-order valence-electron chi connectivity index (χ1n) is 6.24. The van der Waals surface area contributed by atoms with Gasteiger partial charge in [-0.2, -0.15) is 0 Å². The molecule has 1 unspecified atom stereocenters. The molecule has 0 heterocycles. The maximum Gasteiger partial charge on any atom is 0.177 e. The van der Waals surface area contributed by atoms with Crippen molar-refractivity contribution in [2.24, 2.45) is 5.92 Å². The van der Waals surface area contributed by atoms with E-state index in [0.717, 1.165) is 18.4 Å². The van der Waals surface area contributed by atoms with Gasteiger partial charge in [-0.05, 0) is 18.4 Å². The van der Waals surface area contributed by atoms with Gasteiger partial charge in [0, 0.05) is 12.3 Å². The summed E-state index contributed by atoms with van der Waals surface area (Å²) in [5, 5.41) is 9.93. The van der Waals surface area contributed by atoms with E-state index in [-0.39, 0.29) is 35.2 Å². The van der Waals surface area contributed by atoms with Crippen LogP contribution in [0.5, 0.6) is 0 Å². The predicted molar refractivity (Wildman–Crippen MR) is 66.2 cm³/mol. The van der Waals surface area contributed by atoms with E-state index in [9.17, 15) is 14.7 Å². The van der Waals surface area contributed by atoms with Crippen molar-refractivity contribution in [3.05, 3.63) is 47.2 Å². The van der Waals surface area contributed by atoms with E-state index in [1.807, 2.05) is 30.3 Å². The van der Waals surface area contributed by atoms with Crippen LogP contribution in [-0.4, -0.2) is 16.7 Å². The Kier molecular flexibility index (Phi) is 2.54. The van der Waals surface area contributed by atoms with Crippen LogP contribution in [0.1, 0.15) is 30.7 Å². The van der Waals surface area contributed by atoms with Crippen molar-refractivity contribution in [1.82, 2.24) is 0 Å². The highest BCUT2D eigenvalue weighted by Gasteiger charge is 2.42. The first kappa shape index (κ1) is 11.2. The molecule has 1 atom stereocenters. The molecule has 1 aromatic carbocycles. The highest BCUT2D eigenvalue weighted by atomic mass is 16.3. The third-order valence-corrected chi connectivity index (χ3v) is 3.65. The number of carbonyl (C=O) groups excluding carboxylic acids is 2. The van der Waals surface area contributed by atoms with E-state index >= 15 is 0 Å². The summed E-state index contributed by atoms with van der Waals surface area (Å²) >= 11 is 0. The quantitative estimate of drug-likeness (QED) is 0.492. The van der Waals surface area contributed by atoms with E-state index in [1.165, 1.54) is 0 Å². The van der Waals surface area contributed by atoms with Crippen LogP contribution < -0.4 is 0 Å². The minimum absolute atomic E-state index is 0.0310. The van der Waals surface area contributed by atoms with Crippen LogP contribution in [0.3, 0.4) is 0 Å². The lowest BCUT2D eigenvalue weighted by Crippen LogP contribution is -2.09. The fraction of sp³-hybridized carbons (Fsp3) is 0.333. The molecule has 2 aliphatic carbocycles. The topological polar surface area (TPSA) is 54.4 Å². The second-order valence-electron chi connectivity index (χ2n) is 4.99. The van der Waals surface area contributed by atoms with Gasteiger partial charge < -0.3 is 5.11 Å². The molecular weight excluding hydrogens is 228 g/mol. The zero-order valence-electron chi connectivity index (χ0n) is 9.93. The minimum atomic E-state index is -0.408. The molecule has 0 bridgehead atoms. The lowest BCUT2D eigenvalue weighted by atomic mass is 9.96. The van der Waals surface area contributed by atoms with Gasteiger partial charge >= 0.3 is 0 Å². The summed E-state index contributed by atoms with van der Waals surface area (Å²) in [6.45, 7) is 0. The van der Waals surface area contributed by atoms with Gasteiger partial charge in [0.05, 0.1) is 11.5 Å². The van der Waals surface area contributed by atoms with E-state index in [4.69, 9.17) is 0 Å². The number of Topliss-reactive ketones (excluding diaryl/α,β-unsaturated/α-hetero) is 2. The molecule has 1 N–H and O–H groups in total. The van der Waals surface area contributed by atoms with Crippen molar-refractivity contribution in [3.8, 4) is 0 Å². The lowest BCUT2D eigenvalue weighted by Gasteiger charge is -2.06. The predicted octanol–water partition coefficient (Wildman–Crippen LogP) is 2.53. The Bertz CT molecular complexity index is 538. The van der Waals surface area contributed by atoms with Gasteiger partial charge in [-0.15, -0.1) is 0 Å². The normalized spacial score (nSPS) is 26.6. The van der Waals surface area contributed by atoms with Gasteiger partial charge in [0.2, 0.25) is 0 Å². The number of allylic oxidation sites excluding steroid dienone is 2. The van der Waals surface area contributed by atoms with Crippen LogP contribution >= 0.6 is 0 Å².